The monoisotopic (exact) mass is 439 g/mol. The molecular weight excluding hydrogens is 422 g/mol. The molecule has 0 aliphatic carbocycles. The molecule has 3 heterocycles. The molecule has 1 fully saturated rings. The number of nitrogens with zero attached hydrogens (tertiary/aromatic N) is 5. The van der Waals surface area contributed by atoms with Crippen molar-refractivity contribution in [2.75, 3.05) is 31.1 Å². The van der Waals surface area contributed by atoms with E-state index in [0.717, 1.165) is 15.7 Å². The van der Waals surface area contributed by atoms with Crippen LogP contribution < -0.4 is 4.90 Å². The van der Waals surface area contributed by atoms with Gasteiger partial charge in [-0.25, -0.2) is 8.42 Å². The minimum absolute atomic E-state index is 0.165. The zero-order valence-electron chi connectivity index (χ0n) is 15.3. The Morgan fingerprint density at radius 2 is 1.82 bits per heavy atom. The standard InChI is InChI=1S/C17H18ClN5O3S2/c1-11-15(12(2)26-21-11)28(24,25)23-9-7-22(8-10-23)17-20-19-16(27-17)13-5-3-4-6-14(13)18/h3-6H,7-10H2,1-2H3. The van der Waals surface area contributed by atoms with Crippen LogP contribution in [0.4, 0.5) is 5.13 Å². The van der Waals surface area contributed by atoms with Crippen LogP contribution in [0.2, 0.25) is 5.02 Å². The smallest absolute Gasteiger partial charge is 0.248 e. The normalized spacial score (nSPS) is 15.9. The molecule has 4 rings (SSSR count). The Morgan fingerprint density at radius 1 is 1.11 bits per heavy atom. The molecule has 0 spiro atoms. The van der Waals surface area contributed by atoms with Crippen LogP contribution in [0.5, 0.6) is 0 Å². The zero-order valence-corrected chi connectivity index (χ0v) is 17.7. The molecule has 1 saturated heterocycles. The minimum Gasteiger partial charge on any atom is -0.360 e. The highest BCUT2D eigenvalue weighted by molar-refractivity contribution is 7.89. The van der Waals surface area contributed by atoms with E-state index in [1.165, 1.54) is 15.6 Å². The van der Waals surface area contributed by atoms with Crippen molar-refractivity contribution in [3.63, 3.8) is 0 Å². The summed E-state index contributed by atoms with van der Waals surface area (Å²) in [5.74, 6) is 0.313. The van der Waals surface area contributed by atoms with Crippen molar-refractivity contribution in [1.29, 1.82) is 0 Å². The summed E-state index contributed by atoms with van der Waals surface area (Å²) in [6.07, 6.45) is 0. The van der Waals surface area contributed by atoms with Gasteiger partial charge in [-0.2, -0.15) is 4.31 Å². The van der Waals surface area contributed by atoms with Crippen molar-refractivity contribution in [2.45, 2.75) is 18.7 Å². The Balaban J connectivity index is 1.49. The van der Waals surface area contributed by atoms with Crippen molar-refractivity contribution in [3.8, 4) is 10.6 Å². The maximum atomic E-state index is 12.9. The van der Waals surface area contributed by atoms with E-state index < -0.39 is 10.0 Å². The molecule has 1 aromatic carbocycles. The summed E-state index contributed by atoms with van der Waals surface area (Å²) in [4.78, 5) is 2.20. The van der Waals surface area contributed by atoms with Crippen LogP contribution in [0.1, 0.15) is 11.5 Å². The average Bonchev–Trinajstić information content (AvgIpc) is 3.29. The van der Waals surface area contributed by atoms with E-state index in [1.807, 2.05) is 29.2 Å². The lowest BCUT2D eigenvalue weighted by Crippen LogP contribution is -2.48. The van der Waals surface area contributed by atoms with Crippen molar-refractivity contribution < 1.29 is 12.9 Å². The number of hydrogen-bond acceptors (Lipinski definition) is 8. The highest BCUT2D eigenvalue weighted by Gasteiger charge is 2.34. The summed E-state index contributed by atoms with van der Waals surface area (Å²) in [6.45, 7) is 5.01. The molecule has 1 aliphatic heterocycles. The fraction of sp³-hybridized carbons (Fsp3) is 0.353. The highest BCUT2D eigenvalue weighted by Crippen LogP contribution is 2.33. The third-order valence-corrected chi connectivity index (χ3v) is 8.08. The van der Waals surface area contributed by atoms with Crippen molar-refractivity contribution in [2.24, 2.45) is 0 Å². The van der Waals surface area contributed by atoms with Gasteiger partial charge in [-0.05, 0) is 19.9 Å². The van der Waals surface area contributed by atoms with E-state index in [0.29, 0.717) is 42.7 Å². The lowest BCUT2D eigenvalue weighted by molar-refractivity contribution is 0.378. The fourth-order valence-electron chi connectivity index (χ4n) is 3.18. The summed E-state index contributed by atoms with van der Waals surface area (Å²) < 4.78 is 32.3. The molecule has 0 bridgehead atoms. The van der Waals surface area contributed by atoms with Gasteiger partial charge in [0.05, 0.1) is 5.02 Å². The third kappa shape index (κ3) is 3.41. The van der Waals surface area contributed by atoms with Gasteiger partial charge in [0.25, 0.3) is 0 Å². The maximum Gasteiger partial charge on any atom is 0.248 e. The van der Waals surface area contributed by atoms with Crippen LogP contribution in [-0.4, -0.2) is 54.3 Å². The van der Waals surface area contributed by atoms with Crippen LogP contribution in [0, 0.1) is 13.8 Å². The number of aryl methyl sites for hydroxylation is 2. The summed E-state index contributed by atoms with van der Waals surface area (Å²) in [6, 6.07) is 7.49. The molecule has 0 N–H and O–H groups in total. The van der Waals surface area contributed by atoms with Gasteiger partial charge in [-0.3, -0.25) is 0 Å². The fourth-order valence-corrected chi connectivity index (χ4v) is 6.11. The van der Waals surface area contributed by atoms with Gasteiger partial charge in [0.1, 0.15) is 10.6 Å². The van der Waals surface area contributed by atoms with Gasteiger partial charge in [0.2, 0.25) is 15.2 Å². The number of anilines is 1. The molecule has 148 valence electrons. The second kappa shape index (κ2) is 7.43. The Bertz CT molecular complexity index is 1080. The van der Waals surface area contributed by atoms with Gasteiger partial charge in [-0.15, -0.1) is 10.2 Å². The second-order valence-corrected chi connectivity index (χ2v) is 9.65. The van der Waals surface area contributed by atoms with E-state index in [-0.39, 0.29) is 4.90 Å². The molecule has 1 aliphatic rings. The van der Waals surface area contributed by atoms with Gasteiger partial charge < -0.3 is 9.42 Å². The number of hydrogen-bond donors (Lipinski definition) is 0. The first-order chi connectivity index (χ1) is 13.4. The van der Waals surface area contributed by atoms with Crippen LogP contribution in [0.25, 0.3) is 10.6 Å². The van der Waals surface area contributed by atoms with Crippen molar-refractivity contribution in [3.05, 3.63) is 40.7 Å². The predicted molar refractivity (Wildman–Crippen MR) is 107 cm³/mol. The molecule has 0 unspecified atom stereocenters. The first-order valence-corrected chi connectivity index (χ1v) is 11.3. The predicted octanol–water partition coefficient (Wildman–Crippen LogP) is 2.97. The molecular formula is C17H18ClN5O3S2. The number of rotatable bonds is 4. The zero-order chi connectivity index (χ0) is 19.9. The quantitative estimate of drug-likeness (QED) is 0.616. The lowest BCUT2D eigenvalue weighted by atomic mass is 10.2. The summed E-state index contributed by atoms with van der Waals surface area (Å²) in [5.41, 5.74) is 1.22. The second-order valence-electron chi connectivity index (χ2n) is 6.41. The molecule has 11 heteroatoms. The Labute approximate surface area is 171 Å². The SMILES string of the molecule is Cc1noc(C)c1S(=O)(=O)N1CCN(c2nnc(-c3ccccc3Cl)s2)CC1. The van der Waals surface area contributed by atoms with Crippen molar-refractivity contribution >= 4 is 38.1 Å². The first kappa shape index (κ1) is 19.3. The summed E-state index contributed by atoms with van der Waals surface area (Å²) >= 11 is 7.68. The average molecular weight is 440 g/mol. The summed E-state index contributed by atoms with van der Waals surface area (Å²) in [7, 11) is -3.63. The molecule has 0 saturated carbocycles. The van der Waals surface area contributed by atoms with Gasteiger partial charge in [-0.1, -0.05) is 46.3 Å². The van der Waals surface area contributed by atoms with E-state index in [1.54, 1.807) is 13.8 Å². The minimum atomic E-state index is -3.63. The van der Waals surface area contributed by atoms with E-state index >= 15 is 0 Å². The molecule has 28 heavy (non-hydrogen) atoms. The molecule has 3 aromatic rings. The van der Waals surface area contributed by atoms with Crippen LogP contribution >= 0.6 is 22.9 Å². The molecule has 0 atom stereocenters. The molecule has 0 radical (unpaired) electrons. The molecule has 0 amide bonds. The first-order valence-electron chi connectivity index (χ1n) is 8.64. The van der Waals surface area contributed by atoms with E-state index in [9.17, 15) is 8.42 Å². The van der Waals surface area contributed by atoms with Gasteiger partial charge >= 0.3 is 0 Å². The number of aromatic nitrogens is 3. The largest absolute Gasteiger partial charge is 0.360 e. The van der Waals surface area contributed by atoms with E-state index in [4.69, 9.17) is 16.1 Å². The topological polar surface area (TPSA) is 92.4 Å². The maximum absolute atomic E-state index is 12.9. The highest BCUT2D eigenvalue weighted by atomic mass is 35.5. The van der Waals surface area contributed by atoms with E-state index in [2.05, 4.69) is 15.4 Å². The van der Waals surface area contributed by atoms with Crippen molar-refractivity contribution in [1.82, 2.24) is 19.7 Å². The number of sulfonamides is 1. The van der Waals surface area contributed by atoms with Gasteiger partial charge in [0, 0.05) is 31.7 Å². The summed E-state index contributed by atoms with van der Waals surface area (Å²) in [5, 5.41) is 14.4. The lowest BCUT2D eigenvalue weighted by Gasteiger charge is -2.33. The van der Waals surface area contributed by atoms with Crippen LogP contribution in [0.3, 0.4) is 0 Å². The molecule has 2 aromatic heterocycles. The Morgan fingerprint density at radius 3 is 2.46 bits per heavy atom. The third-order valence-electron chi connectivity index (χ3n) is 4.59. The number of halogens is 1. The Kier molecular flexibility index (Phi) is 5.13. The number of benzene rings is 1. The number of piperazine rings is 1. The van der Waals surface area contributed by atoms with Crippen LogP contribution in [0.15, 0.2) is 33.7 Å². The van der Waals surface area contributed by atoms with Gasteiger partial charge in [0.15, 0.2) is 10.8 Å². The molecule has 8 nitrogen and oxygen atoms in total. The Hall–Kier alpha value is -2.01. The van der Waals surface area contributed by atoms with Crippen LogP contribution in [-0.2, 0) is 10.0 Å².